The summed E-state index contributed by atoms with van der Waals surface area (Å²) in [7, 11) is 1.85. The molecule has 120 valence electrons. The van der Waals surface area contributed by atoms with Gasteiger partial charge >= 0.3 is 12.0 Å². The van der Waals surface area contributed by atoms with Gasteiger partial charge in [0.25, 0.3) is 0 Å². The number of nitrogens with zero attached hydrogens (tertiary/aromatic N) is 2. The van der Waals surface area contributed by atoms with Gasteiger partial charge in [-0.25, -0.2) is 9.59 Å². The predicted octanol–water partition coefficient (Wildman–Crippen LogP) is 2.95. The highest BCUT2D eigenvalue weighted by molar-refractivity contribution is 5.82. The monoisotopic (exact) mass is 296 g/mol. The predicted molar refractivity (Wildman–Crippen MR) is 81.2 cm³/mol. The molecule has 0 bridgehead atoms. The van der Waals surface area contributed by atoms with Gasteiger partial charge in [-0.1, -0.05) is 32.6 Å². The Kier molecular flexibility index (Phi) is 5.48. The Balaban J connectivity index is 2.09. The highest BCUT2D eigenvalue weighted by Crippen LogP contribution is 2.29. The summed E-state index contributed by atoms with van der Waals surface area (Å²) in [5.74, 6) is -0.363. The summed E-state index contributed by atoms with van der Waals surface area (Å²) < 4.78 is 0. The Bertz CT molecular complexity index is 386. The molecular weight excluding hydrogens is 268 g/mol. The van der Waals surface area contributed by atoms with E-state index in [9.17, 15) is 14.7 Å². The van der Waals surface area contributed by atoms with Crippen molar-refractivity contribution in [3.05, 3.63) is 0 Å². The first-order valence-electron chi connectivity index (χ1n) is 8.28. The molecule has 3 atom stereocenters. The van der Waals surface area contributed by atoms with Crippen molar-refractivity contribution in [2.45, 2.75) is 70.4 Å². The fourth-order valence-electron chi connectivity index (χ4n) is 3.81. The molecule has 0 aromatic rings. The zero-order valence-electron chi connectivity index (χ0n) is 13.3. The highest BCUT2D eigenvalue weighted by Gasteiger charge is 2.36. The first-order chi connectivity index (χ1) is 10.0. The normalized spacial score (nSPS) is 30.6. The van der Waals surface area contributed by atoms with Crippen LogP contribution in [0.1, 0.15) is 58.3 Å². The number of aliphatic carboxylic acids is 1. The fraction of sp³-hybridized carbons (Fsp3) is 0.875. The van der Waals surface area contributed by atoms with Crippen LogP contribution in [-0.2, 0) is 4.79 Å². The van der Waals surface area contributed by atoms with Gasteiger partial charge in [0.2, 0.25) is 0 Å². The molecule has 5 nitrogen and oxygen atoms in total. The Morgan fingerprint density at radius 1 is 1.05 bits per heavy atom. The molecular formula is C16H28N2O3. The minimum atomic E-state index is -0.865. The summed E-state index contributed by atoms with van der Waals surface area (Å²) in [5, 5.41) is 9.41. The van der Waals surface area contributed by atoms with Crippen LogP contribution in [0.15, 0.2) is 0 Å². The summed E-state index contributed by atoms with van der Waals surface area (Å²) >= 11 is 0. The molecule has 3 unspecified atom stereocenters. The lowest BCUT2D eigenvalue weighted by molar-refractivity contribution is -0.142. The number of hydrogen-bond donors (Lipinski definition) is 1. The molecule has 2 aliphatic rings. The van der Waals surface area contributed by atoms with Crippen molar-refractivity contribution in [2.24, 2.45) is 5.92 Å². The molecule has 1 aliphatic heterocycles. The molecule has 5 heteroatoms. The molecule has 1 saturated heterocycles. The van der Waals surface area contributed by atoms with Crippen LogP contribution in [0, 0.1) is 5.92 Å². The molecule has 0 radical (unpaired) electrons. The van der Waals surface area contributed by atoms with E-state index in [1.54, 1.807) is 4.90 Å². The lowest BCUT2D eigenvalue weighted by Crippen LogP contribution is -2.53. The van der Waals surface area contributed by atoms with E-state index in [1.165, 1.54) is 6.42 Å². The third-order valence-electron chi connectivity index (χ3n) is 5.15. The molecule has 2 rings (SSSR count). The Morgan fingerprint density at radius 3 is 2.38 bits per heavy atom. The van der Waals surface area contributed by atoms with Gasteiger partial charge in [-0.05, 0) is 31.6 Å². The maximum atomic E-state index is 12.8. The SMILES string of the molecule is CC1CCCCC1N(C)C(=O)N1CCCCCC1C(=O)O. The highest BCUT2D eigenvalue weighted by atomic mass is 16.4. The van der Waals surface area contributed by atoms with Crippen molar-refractivity contribution in [1.29, 1.82) is 0 Å². The van der Waals surface area contributed by atoms with Gasteiger partial charge in [0.15, 0.2) is 0 Å². The number of likely N-dealkylation sites (tertiary alicyclic amines) is 1. The largest absolute Gasteiger partial charge is 0.480 e. The third-order valence-corrected chi connectivity index (χ3v) is 5.15. The molecule has 1 aliphatic carbocycles. The topological polar surface area (TPSA) is 60.9 Å². The maximum absolute atomic E-state index is 12.8. The molecule has 1 saturated carbocycles. The van der Waals surface area contributed by atoms with Crippen LogP contribution >= 0.6 is 0 Å². The van der Waals surface area contributed by atoms with E-state index in [4.69, 9.17) is 0 Å². The maximum Gasteiger partial charge on any atom is 0.326 e. The minimum absolute atomic E-state index is 0.0944. The third kappa shape index (κ3) is 3.69. The van der Waals surface area contributed by atoms with Gasteiger partial charge in [-0.15, -0.1) is 0 Å². The molecule has 1 N–H and O–H groups in total. The molecule has 0 spiro atoms. The number of urea groups is 1. The molecule has 0 aromatic carbocycles. The van der Waals surface area contributed by atoms with Crippen molar-refractivity contribution < 1.29 is 14.7 Å². The first kappa shape index (κ1) is 16.1. The molecule has 0 aromatic heterocycles. The second kappa shape index (κ2) is 7.14. The van der Waals surface area contributed by atoms with Gasteiger partial charge in [-0.3, -0.25) is 0 Å². The van der Waals surface area contributed by atoms with E-state index in [1.807, 2.05) is 11.9 Å². The van der Waals surface area contributed by atoms with E-state index in [0.29, 0.717) is 18.9 Å². The van der Waals surface area contributed by atoms with Crippen LogP contribution in [0.2, 0.25) is 0 Å². The second-order valence-corrected chi connectivity index (χ2v) is 6.62. The molecule has 1 heterocycles. The second-order valence-electron chi connectivity index (χ2n) is 6.62. The fourth-order valence-corrected chi connectivity index (χ4v) is 3.81. The van der Waals surface area contributed by atoms with Crippen molar-refractivity contribution in [3.63, 3.8) is 0 Å². The zero-order chi connectivity index (χ0) is 15.4. The van der Waals surface area contributed by atoms with Gasteiger partial charge < -0.3 is 14.9 Å². The number of carbonyl (C=O) groups excluding carboxylic acids is 1. The van der Waals surface area contributed by atoms with Crippen LogP contribution in [0.5, 0.6) is 0 Å². The Labute approximate surface area is 127 Å². The minimum Gasteiger partial charge on any atom is -0.480 e. The summed E-state index contributed by atoms with van der Waals surface area (Å²) in [6.07, 6.45) is 7.98. The average Bonchev–Trinajstić information content (AvgIpc) is 2.72. The summed E-state index contributed by atoms with van der Waals surface area (Å²) in [6.45, 7) is 2.77. The number of rotatable bonds is 2. The average molecular weight is 296 g/mol. The quantitative estimate of drug-likeness (QED) is 0.852. The lowest BCUT2D eigenvalue weighted by atomic mass is 9.85. The zero-order valence-corrected chi connectivity index (χ0v) is 13.3. The molecule has 21 heavy (non-hydrogen) atoms. The Morgan fingerprint density at radius 2 is 1.71 bits per heavy atom. The summed E-state index contributed by atoms with van der Waals surface area (Å²) in [5.41, 5.74) is 0. The van der Waals surface area contributed by atoms with Crippen LogP contribution in [0.4, 0.5) is 4.79 Å². The molecule has 2 fully saturated rings. The van der Waals surface area contributed by atoms with Gasteiger partial charge in [0.05, 0.1) is 0 Å². The van der Waals surface area contributed by atoms with Crippen LogP contribution in [-0.4, -0.2) is 52.6 Å². The van der Waals surface area contributed by atoms with Gasteiger partial charge in [-0.2, -0.15) is 0 Å². The summed E-state index contributed by atoms with van der Waals surface area (Å²) in [4.78, 5) is 27.7. The van der Waals surface area contributed by atoms with E-state index in [0.717, 1.165) is 38.5 Å². The van der Waals surface area contributed by atoms with Crippen LogP contribution in [0.3, 0.4) is 0 Å². The van der Waals surface area contributed by atoms with Crippen molar-refractivity contribution in [3.8, 4) is 0 Å². The van der Waals surface area contributed by atoms with Crippen molar-refractivity contribution in [1.82, 2.24) is 9.80 Å². The Hall–Kier alpha value is -1.26. The number of amides is 2. The number of carboxylic acids is 1. The number of hydrogen-bond acceptors (Lipinski definition) is 2. The lowest BCUT2D eigenvalue weighted by Gasteiger charge is -2.40. The van der Waals surface area contributed by atoms with E-state index >= 15 is 0 Å². The van der Waals surface area contributed by atoms with Gasteiger partial charge in [0, 0.05) is 19.6 Å². The summed E-state index contributed by atoms with van der Waals surface area (Å²) in [6, 6.07) is -0.492. The van der Waals surface area contributed by atoms with Gasteiger partial charge in [0.1, 0.15) is 6.04 Å². The smallest absolute Gasteiger partial charge is 0.326 e. The van der Waals surface area contributed by atoms with E-state index in [2.05, 4.69) is 6.92 Å². The van der Waals surface area contributed by atoms with Crippen LogP contribution in [0.25, 0.3) is 0 Å². The van der Waals surface area contributed by atoms with Crippen molar-refractivity contribution >= 4 is 12.0 Å². The van der Waals surface area contributed by atoms with Crippen molar-refractivity contribution in [2.75, 3.05) is 13.6 Å². The van der Waals surface area contributed by atoms with Crippen LogP contribution < -0.4 is 0 Å². The van der Waals surface area contributed by atoms with E-state index < -0.39 is 12.0 Å². The molecule has 2 amide bonds. The standard InChI is InChI=1S/C16H28N2O3/c1-12-8-5-6-9-13(12)17(2)16(21)18-11-7-3-4-10-14(18)15(19)20/h12-14H,3-11H2,1-2H3,(H,19,20). The number of carboxylic acid groups (broad SMARTS) is 1. The first-order valence-corrected chi connectivity index (χ1v) is 8.28. The van der Waals surface area contributed by atoms with E-state index in [-0.39, 0.29) is 12.1 Å². The number of carbonyl (C=O) groups is 2.